The lowest BCUT2D eigenvalue weighted by molar-refractivity contribution is 0.182. The van der Waals surface area contributed by atoms with Crippen LogP contribution in [0.5, 0.6) is 0 Å². The molecule has 17 heavy (non-hydrogen) atoms. The van der Waals surface area contributed by atoms with Crippen molar-refractivity contribution in [3.05, 3.63) is 0 Å². The van der Waals surface area contributed by atoms with Crippen LogP contribution in [0.3, 0.4) is 0 Å². The first-order valence-electron chi connectivity index (χ1n) is 7.44. The van der Waals surface area contributed by atoms with E-state index in [2.05, 4.69) is 37.9 Å². The minimum Gasteiger partial charge on any atom is -0.315 e. The summed E-state index contributed by atoms with van der Waals surface area (Å²) in [6.07, 6.45) is 5.47. The Bertz CT molecular complexity index is 188. The molecule has 1 aliphatic heterocycles. The highest BCUT2D eigenvalue weighted by atomic mass is 15.1. The van der Waals surface area contributed by atoms with Gasteiger partial charge in [0.2, 0.25) is 0 Å². The summed E-state index contributed by atoms with van der Waals surface area (Å²) in [5.41, 5.74) is 0.465. The molecular weight excluding hydrogens is 208 g/mol. The van der Waals surface area contributed by atoms with Crippen molar-refractivity contribution >= 4 is 0 Å². The van der Waals surface area contributed by atoms with Crippen LogP contribution in [0.15, 0.2) is 0 Å². The molecule has 0 aromatic rings. The zero-order valence-electron chi connectivity index (χ0n) is 12.4. The van der Waals surface area contributed by atoms with Crippen LogP contribution in [0, 0.1) is 11.3 Å². The lowest BCUT2D eigenvalue weighted by Crippen LogP contribution is -2.38. The van der Waals surface area contributed by atoms with Crippen LogP contribution in [-0.2, 0) is 0 Å². The summed E-state index contributed by atoms with van der Waals surface area (Å²) < 4.78 is 0. The van der Waals surface area contributed by atoms with E-state index in [9.17, 15) is 0 Å². The number of nitrogens with one attached hydrogen (secondary N) is 1. The third-order valence-electron chi connectivity index (χ3n) is 3.94. The van der Waals surface area contributed by atoms with Crippen molar-refractivity contribution in [3.8, 4) is 0 Å². The smallest absolute Gasteiger partial charge is 0.0107 e. The molecule has 1 fully saturated rings. The van der Waals surface area contributed by atoms with Crippen LogP contribution < -0.4 is 5.32 Å². The van der Waals surface area contributed by atoms with Gasteiger partial charge in [-0.25, -0.2) is 0 Å². The largest absolute Gasteiger partial charge is 0.315 e. The average Bonchev–Trinajstić information content (AvgIpc) is 2.28. The number of rotatable bonds is 6. The van der Waals surface area contributed by atoms with Crippen LogP contribution in [0.1, 0.15) is 53.4 Å². The van der Waals surface area contributed by atoms with Crippen molar-refractivity contribution in [1.29, 1.82) is 0 Å². The quantitative estimate of drug-likeness (QED) is 0.718. The van der Waals surface area contributed by atoms with E-state index >= 15 is 0 Å². The van der Waals surface area contributed by atoms with Crippen LogP contribution in [-0.4, -0.2) is 37.6 Å². The topological polar surface area (TPSA) is 15.3 Å². The number of hydrogen-bond acceptors (Lipinski definition) is 2. The molecule has 0 spiro atoms. The van der Waals surface area contributed by atoms with Crippen LogP contribution in [0.25, 0.3) is 0 Å². The fraction of sp³-hybridized carbons (Fsp3) is 1.00. The van der Waals surface area contributed by atoms with Gasteiger partial charge in [0, 0.05) is 13.1 Å². The molecule has 0 atom stereocenters. The second-order valence-corrected chi connectivity index (χ2v) is 6.75. The molecule has 0 unspecified atom stereocenters. The highest BCUT2D eigenvalue weighted by molar-refractivity contribution is 4.72. The summed E-state index contributed by atoms with van der Waals surface area (Å²) in [6.45, 7) is 15.5. The van der Waals surface area contributed by atoms with Crippen molar-refractivity contribution in [3.63, 3.8) is 0 Å². The van der Waals surface area contributed by atoms with Gasteiger partial charge < -0.3 is 10.2 Å². The molecule has 1 N–H and O–H groups in total. The molecule has 0 amide bonds. The highest BCUT2D eigenvalue weighted by Gasteiger charge is 2.17. The van der Waals surface area contributed by atoms with Gasteiger partial charge in [-0.2, -0.15) is 0 Å². The zero-order valence-corrected chi connectivity index (χ0v) is 12.4. The summed E-state index contributed by atoms with van der Waals surface area (Å²) in [7, 11) is 0. The molecule has 1 heterocycles. The van der Waals surface area contributed by atoms with E-state index < -0.39 is 0 Å². The van der Waals surface area contributed by atoms with E-state index in [-0.39, 0.29) is 0 Å². The van der Waals surface area contributed by atoms with Crippen LogP contribution >= 0.6 is 0 Å². The number of likely N-dealkylation sites (tertiary alicyclic amines) is 1. The Kier molecular flexibility index (Phi) is 6.50. The molecule has 1 saturated heterocycles. The van der Waals surface area contributed by atoms with E-state index in [0.29, 0.717) is 5.41 Å². The van der Waals surface area contributed by atoms with Gasteiger partial charge in [0.25, 0.3) is 0 Å². The standard InChI is InChI=1S/C15H32N2/c1-5-14-6-11-17(12-7-14)13-10-16-9-8-15(2,3)4/h14,16H,5-13H2,1-4H3. The molecule has 0 aromatic heterocycles. The van der Waals surface area contributed by atoms with Gasteiger partial charge in [-0.15, -0.1) is 0 Å². The Morgan fingerprint density at radius 1 is 1.12 bits per heavy atom. The Balaban J connectivity index is 1.97. The highest BCUT2D eigenvalue weighted by Crippen LogP contribution is 2.19. The van der Waals surface area contributed by atoms with Crippen LogP contribution in [0.4, 0.5) is 0 Å². The molecule has 2 nitrogen and oxygen atoms in total. The fourth-order valence-electron chi connectivity index (χ4n) is 2.44. The molecule has 102 valence electrons. The molecule has 2 heteroatoms. The number of hydrogen-bond donors (Lipinski definition) is 1. The maximum absolute atomic E-state index is 3.57. The zero-order chi connectivity index (χ0) is 12.7. The predicted molar refractivity (Wildman–Crippen MR) is 76.4 cm³/mol. The van der Waals surface area contributed by atoms with Crippen molar-refractivity contribution in [2.24, 2.45) is 11.3 Å². The van der Waals surface area contributed by atoms with Gasteiger partial charge in [0.15, 0.2) is 0 Å². The lowest BCUT2D eigenvalue weighted by atomic mass is 9.92. The van der Waals surface area contributed by atoms with E-state index in [1.165, 1.54) is 45.3 Å². The third-order valence-corrected chi connectivity index (χ3v) is 3.94. The summed E-state index contributed by atoms with van der Waals surface area (Å²) in [5.74, 6) is 1.00. The first kappa shape index (κ1) is 15.0. The third kappa shape index (κ3) is 7.05. The summed E-state index contributed by atoms with van der Waals surface area (Å²) >= 11 is 0. The lowest BCUT2D eigenvalue weighted by Gasteiger charge is -2.31. The minimum absolute atomic E-state index is 0.465. The van der Waals surface area contributed by atoms with Crippen molar-refractivity contribution in [2.75, 3.05) is 32.7 Å². The molecule has 1 aliphatic rings. The fourth-order valence-corrected chi connectivity index (χ4v) is 2.44. The van der Waals surface area contributed by atoms with Crippen molar-refractivity contribution < 1.29 is 0 Å². The minimum atomic E-state index is 0.465. The van der Waals surface area contributed by atoms with Gasteiger partial charge in [0.1, 0.15) is 0 Å². The molecule has 1 rings (SSSR count). The maximum Gasteiger partial charge on any atom is 0.0107 e. The molecule has 0 aliphatic carbocycles. The van der Waals surface area contributed by atoms with Gasteiger partial charge in [0.05, 0.1) is 0 Å². The normalized spacial score (nSPS) is 19.8. The SMILES string of the molecule is CCC1CCN(CCNCCC(C)(C)C)CC1. The second-order valence-electron chi connectivity index (χ2n) is 6.75. The maximum atomic E-state index is 3.57. The van der Waals surface area contributed by atoms with Gasteiger partial charge in [-0.1, -0.05) is 34.1 Å². The second kappa shape index (κ2) is 7.38. The molecule has 0 radical (unpaired) electrons. The van der Waals surface area contributed by atoms with Crippen molar-refractivity contribution in [2.45, 2.75) is 53.4 Å². The monoisotopic (exact) mass is 240 g/mol. The summed E-state index contributed by atoms with van der Waals surface area (Å²) in [6, 6.07) is 0. The Morgan fingerprint density at radius 2 is 1.76 bits per heavy atom. The van der Waals surface area contributed by atoms with E-state index in [1.54, 1.807) is 0 Å². The molecule has 0 aromatic carbocycles. The Morgan fingerprint density at radius 3 is 2.29 bits per heavy atom. The first-order valence-corrected chi connectivity index (χ1v) is 7.44. The predicted octanol–water partition coefficient (Wildman–Crippen LogP) is 3.13. The molecule has 0 saturated carbocycles. The number of piperidine rings is 1. The first-order chi connectivity index (χ1) is 8.01. The summed E-state index contributed by atoms with van der Waals surface area (Å²) in [4.78, 5) is 2.62. The van der Waals surface area contributed by atoms with Gasteiger partial charge in [-0.3, -0.25) is 0 Å². The summed E-state index contributed by atoms with van der Waals surface area (Å²) in [5, 5.41) is 3.57. The van der Waals surface area contributed by atoms with E-state index in [4.69, 9.17) is 0 Å². The van der Waals surface area contributed by atoms with E-state index in [1.807, 2.05) is 0 Å². The Labute approximate surface area is 108 Å². The van der Waals surface area contributed by atoms with E-state index in [0.717, 1.165) is 19.0 Å². The molecular formula is C15H32N2. The Hall–Kier alpha value is -0.0800. The van der Waals surface area contributed by atoms with Gasteiger partial charge >= 0.3 is 0 Å². The van der Waals surface area contributed by atoms with Gasteiger partial charge in [-0.05, 0) is 50.2 Å². The average molecular weight is 240 g/mol. The van der Waals surface area contributed by atoms with Crippen LogP contribution in [0.2, 0.25) is 0 Å². The molecule has 0 bridgehead atoms. The van der Waals surface area contributed by atoms with Crippen molar-refractivity contribution in [1.82, 2.24) is 10.2 Å². The number of nitrogens with zero attached hydrogens (tertiary/aromatic N) is 1.